The maximum Gasteiger partial charge on any atom is 0.280 e. The Bertz CT molecular complexity index is 1010. The van der Waals surface area contributed by atoms with Crippen molar-refractivity contribution in [2.75, 3.05) is 12.4 Å². The highest BCUT2D eigenvalue weighted by atomic mass is 19.1. The summed E-state index contributed by atoms with van der Waals surface area (Å²) in [5.41, 5.74) is 1.29. The monoisotopic (exact) mass is 353 g/mol. The zero-order chi connectivity index (χ0) is 18.7. The van der Waals surface area contributed by atoms with Gasteiger partial charge in [-0.25, -0.2) is 4.39 Å². The Morgan fingerprint density at radius 3 is 2.54 bits per heavy atom. The highest BCUT2D eigenvalue weighted by Crippen LogP contribution is 2.17. The van der Waals surface area contributed by atoms with Crippen molar-refractivity contribution in [1.82, 2.24) is 9.78 Å². The molecular weight excluding hydrogens is 337 g/mol. The number of amides is 1. The lowest BCUT2D eigenvalue weighted by Crippen LogP contribution is -2.26. The number of carbonyl (C=O) groups excluding carboxylic acids is 1. The van der Waals surface area contributed by atoms with E-state index in [0.29, 0.717) is 5.69 Å². The molecule has 7 heteroatoms. The molecule has 0 unspecified atom stereocenters. The quantitative estimate of drug-likeness (QED) is 0.783. The molecule has 6 nitrogen and oxygen atoms in total. The second-order valence-corrected chi connectivity index (χ2v) is 5.61. The number of anilines is 1. The first-order valence-corrected chi connectivity index (χ1v) is 7.80. The molecule has 0 atom stereocenters. The number of nitrogens with zero attached hydrogens (tertiary/aromatic N) is 2. The molecule has 0 fully saturated rings. The Hall–Kier alpha value is -3.48. The van der Waals surface area contributed by atoms with Gasteiger partial charge < -0.3 is 10.1 Å². The number of aromatic nitrogens is 2. The Morgan fingerprint density at radius 1 is 1.15 bits per heavy atom. The van der Waals surface area contributed by atoms with Gasteiger partial charge >= 0.3 is 0 Å². The van der Waals surface area contributed by atoms with Crippen LogP contribution in [0.4, 0.5) is 10.1 Å². The van der Waals surface area contributed by atoms with E-state index in [2.05, 4.69) is 10.4 Å². The number of carbonyl (C=O) groups is 1. The third-order valence-electron chi connectivity index (χ3n) is 3.69. The predicted molar refractivity (Wildman–Crippen MR) is 95.5 cm³/mol. The van der Waals surface area contributed by atoms with Crippen LogP contribution >= 0.6 is 0 Å². The summed E-state index contributed by atoms with van der Waals surface area (Å²) in [6.07, 6.45) is 0. The summed E-state index contributed by atoms with van der Waals surface area (Å²) in [6.45, 7) is 1.92. The molecule has 1 N–H and O–H groups in total. The van der Waals surface area contributed by atoms with Crippen molar-refractivity contribution in [2.45, 2.75) is 6.92 Å². The van der Waals surface area contributed by atoms with E-state index < -0.39 is 17.3 Å². The van der Waals surface area contributed by atoms with E-state index >= 15 is 0 Å². The number of aryl methyl sites for hydroxylation is 1. The van der Waals surface area contributed by atoms with Crippen LogP contribution in [0.2, 0.25) is 0 Å². The maximum atomic E-state index is 13.3. The smallest absolute Gasteiger partial charge is 0.280 e. The topological polar surface area (TPSA) is 73.2 Å². The van der Waals surface area contributed by atoms with E-state index in [0.717, 1.165) is 10.2 Å². The zero-order valence-electron chi connectivity index (χ0n) is 14.2. The molecule has 1 amide bonds. The van der Waals surface area contributed by atoms with Crippen molar-refractivity contribution in [3.8, 4) is 11.4 Å². The molecule has 1 aromatic heterocycles. The molecule has 0 aliphatic heterocycles. The SMILES string of the molecule is COc1cc(=O)n(-c2ccc(C)cc2)nc1C(=O)Nc1cccc(F)c1. The first-order valence-electron chi connectivity index (χ1n) is 7.80. The molecule has 3 aromatic rings. The Kier molecular flexibility index (Phi) is 4.79. The highest BCUT2D eigenvalue weighted by molar-refractivity contribution is 6.04. The summed E-state index contributed by atoms with van der Waals surface area (Å²) in [5.74, 6) is -1.06. The fourth-order valence-corrected chi connectivity index (χ4v) is 2.38. The fraction of sp³-hybridized carbons (Fsp3) is 0.105. The molecule has 0 radical (unpaired) electrons. The molecule has 132 valence electrons. The van der Waals surface area contributed by atoms with Gasteiger partial charge in [-0.1, -0.05) is 23.8 Å². The third kappa shape index (κ3) is 3.61. The van der Waals surface area contributed by atoms with Gasteiger partial charge in [0.2, 0.25) is 0 Å². The van der Waals surface area contributed by atoms with Gasteiger partial charge in [-0.05, 0) is 37.3 Å². The number of rotatable bonds is 4. The summed E-state index contributed by atoms with van der Waals surface area (Å²) in [7, 11) is 1.34. The van der Waals surface area contributed by atoms with Crippen LogP contribution in [0.25, 0.3) is 5.69 Å². The second-order valence-electron chi connectivity index (χ2n) is 5.61. The molecule has 0 spiro atoms. The number of hydrogen-bond donors (Lipinski definition) is 1. The van der Waals surface area contributed by atoms with Crippen LogP contribution in [-0.2, 0) is 0 Å². The van der Waals surface area contributed by atoms with Crippen LogP contribution < -0.4 is 15.6 Å². The van der Waals surface area contributed by atoms with Gasteiger partial charge in [-0.15, -0.1) is 0 Å². The van der Waals surface area contributed by atoms with Crippen molar-refractivity contribution in [1.29, 1.82) is 0 Å². The maximum absolute atomic E-state index is 13.3. The number of benzene rings is 2. The van der Waals surface area contributed by atoms with Crippen LogP contribution in [0.3, 0.4) is 0 Å². The van der Waals surface area contributed by atoms with E-state index in [4.69, 9.17) is 4.74 Å². The Labute approximate surface area is 148 Å². The minimum atomic E-state index is -0.617. The van der Waals surface area contributed by atoms with E-state index in [1.807, 2.05) is 19.1 Å². The molecular formula is C19H16FN3O3. The highest BCUT2D eigenvalue weighted by Gasteiger charge is 2.18. The average Bonchev–Trinajstić information content (AvgIpc) is 2.62. The summed E-state index contributed by atoms with van der Waals surface area (Å²) >= 11 is 0. The van der Waals surface area contributed by atoms with Crippen LogP contribution in [-0.4, -0.2) is 22.8 Å². The van der Waals surface area contributed by atoms with Gasteiger partial charge in [0.15, 0.2) is 11.4 Å². The number of methoxy groups -OCH3 is 1. The summed E-state index contributed by atoms with van der Waals surface area (Å²) < 4.78 is 19.5. The van der Waals surface area contributed by atoms with Crippen LogP contribution in [0, 0.1) is 12.7 Å². The Balaban J connectivity index is 2.02. The molecule has 0 saturated carbocycles. The number of halogens is 1. The minimum Gasteiger partial charge on any atom is -0.494 e. The lowest BCUT2D eigenvalue weighted by atomic mass is 10.2. The Morgan fingerprint density at radius 2 is 1.88 bits per heavy atom. The van der Waals surface area contributed by atoms with Gasteiger partial charge in [-0.3, -0.25) is 9.59 Å². The molecule has 26 heavy (non-hydrogen) atoms. The van der Waals surface area contributed by atoms with Gasteiger partial charge in [0.25, 0.3) is 11.5 Å². The summed E-state index contributed by atoms with van der Waals surface area (Å²) in [4.78, 5) is 24.9. The van der Waals surface area contributed by atoms with Crippen molar-refractivity contribution >= 4 is 11.6 Å². The first-order chi connectivity index (χ1) is 12.5. The van der Waals surface area contributed by atoms with Gasteiger partial charge in [-0.2, -0.15) is 9.78 Å². The van der Waals surface area contributed by atoms with E-state index in [1.165, 1.54) is 31.4 Å². The first kappa shape index (κ1) is 17.3. The average molecular weight is 353 g/mol. The lowest BCUT2D eigenvalue weighted by molar-refractivity contribution is 0.101. The van der Waals surface area contributed by atoms with Crippen LogP contribution in [0.5, 0.6) is 5.75 Å². The standard InChI is InChI=1S/C19H16FN3O3/c1-12-6-8-15(9-7-12)23-17(24)11-16(26-2)18(22-23)19(25)21-14-5-3-4-13(20)10-14/h3-11H,1-2H3,(H,21,25). The molecule has 0 bridgehead atoms. The minimum absolute atomic E-state index is 0.0345. The van der Waals surface area contributed by atoms with Crippen molar-refractivity contribution < 1.29 is 13.9 Å². The van der Waals surface area contributed by atoms with Crippen molar-refractivity contribution in [3.63, 3.8) is 0 Å². The normalized spacial score (nSPS) is 10.4. The van der Waals surface area contributed by atoms with Crippen molar-refractivity contribution in [2.24, 2.45) is 0 Å². The van der Waals surface area contributed by atoms with Crippen LogP contribution in [0.15, 0.2) is 59.4 Å². The van der Waals surface area contributed by atoms with E-state index in [9.17, 15) is 14.0 Å². The van der Waals surface area contributed by atoms with Crippen LogP contribution in [0.1, 0.15) is 16.1 Å². The van der Waals surface area contributed by atoms with E-state index in [1.54, 1.807) is 18.2 Å². The fourth-order valence-electron chi connectivity index (χ4n) is 2.38. The third-order valence-corrected chi connectivity index (χ3v) is 3.69. The van der Waals surface area contributed by atoms with E-state index in [-0.39, 0.29) is 17.1 Å². The zero-order valence-corrected chi connectivity index (χ0v) is 14.2. The lowest BCUT2D eigenvalue weighted by Gasteiger charge is -2.11. The largest absolute Gasteiger partial charge is 0.494 e. The molecule has 3 rings (SSSR count). The molecule has 2 aromatic carbocycles. The van der Waals surface area contributed by atoms with Gasteiger partial charge in [0, 0.05) is 5.69 Å². The number of ether oxygens (including phenoxy) is 1. The molecule has 0 aliphatic carbocycles. The van der Waals surface area contributed by atoms with Crippen molar-refractivity contribution in [3.05, 3.63) is 82.0 Å². The molecule has 0 saturated heterocycles. The van der Waals surface area contributed by atoms with Gasteiger partial charge in [0.1, 0.15) is 5.82 Å². The predicted octanol–water partition coefficient (Wildman–Crippen LogP) is 2.94. The number of nitrogens with one attached hydrogen (secondary N) is 1. The number of hydrogen-bond acceptors (Lipinski definition) is 4. The molecule has 0 aliphatic rings. The van der Waals surface area contributed by atoms with Gasteiger partial charge in [0.05, 0.1) is 18.9 Å². The summed E-state index contributed by atoms with van der Waals surface area (Å²) in [6, 6.07) is 13.8. The summed E-state index contributed by atoms with van der Waals surface area (Å²) in [5, 5.41) is 6.68. The second kappa shape index (κ2) is 7.18. The molecule has 1 heterocycles.